The van der Waals surface area contributed by atoms with Crippen LogP contribution in [0.4, 0.5) is 0 Å². The normalized spacial score (nSPS) is 15.5. The molecule has 1 saturated heterocycles. The zero-order valence-electron chi connectivity index (χ0n) is 16.6. The fourth-order valence-electron chi connectivity index (χ4n) is 3.63. The molecule has 0 bridgehead atoms. The fourth-order valence-corrected chi connectivity index (χ4v) is 3.63. The molecule has 1 aliphatic heterocycles. The van der Waals surface area contributed by atoms with Crippen LogP contribution in [0.1, 0.15) is 53.6 Å². The van der Waals surface area contributed by atoms with E-state index in [0.717, 1.165) is 42.9 Å². The van der Waals surface area contributed by atoms with Crippen LogP contribution in [0.3, 0.4) is 0 Å². The number of carbonyl (C=O) groups is 1. The van der Waals surface area contributed by atoms with Gasteiger partial charge in [0.25, 0.3) is 5.91 Å². The van der Waals surface area contributed by atoms with Crippen LogP contribution in [0.25, 0.3) is 5.69 Å². The van der Waals surface area contributed by atoms with Crippen molar-refractivity contribution in [3.8, 4) is 5.69 Å². The van der Waals surface area contributed by atoms with Gasteiger partial charge in [0.1, 0.15) is 0 Å². The number of hydrogen-bond donors (Lipinski definition) is 2. The van der Waals surface area contributed by atoms with Crippen molar-refractivity contribution in [2.75, 3.05) is 13.1 Å². The van der Waals surface area contributed by atoms with E-state index in [4.69, 9.17) is 0 Å². The SMILES string of the molecule is Cc1c(C(=O)NC(C)c2ccc(-n3cccn3)cc2)nnn1C1CCNCC1.Cl. The maximum absolute atomic E-state index is 12.7. The van der Waals surface area contributed by atoms with E-state index in [2.05, 4.69) is 26.0 Å². The van der Waals surface area contributed by atoms with E-state index in [1.54, 1.807) is 10.9 Å². The predicted octanol–water partition coefficient (Wildman–Crippen LogP) is 2.61. The minimum absolute atomic E-state index is 0. The van der Waals surface area contributed by atoms with Crippen LogP contribution in [0.2, 0.25) is 0 Å². The van der Waals surface area contributed by atoms with Crippen molar-refractivity contribution < 1.29 is 4.79 Å². The second-order valence-electron chi connectivity index (χ2n) is 7.19. The van der Waals surface area contributed by atoms with Gasteiger partial charge < -0.3 is 10.6 Å². The molecule has 1 amide bonds. The van der Waals surface area contributed by atoms with Crippen LogP contribution in [0.5, 0.6) is 0 Å². The van der Waals surface area contributed by atoms with Crippen LogP contribution in [-0.4, -0.2) is 43.8 Å². The number of piperidine rings is 1. The Labute approximate surface area is 176 Å². The molecule has 0 saturated carbocycles. The van der Waals surface area contributed by atoms with Crippen molar-refractivity contribution in [1.29, 1.82) is 0 Å². The van der Waals surface area contributed by atoms with Gasteiger partial charge >= 0.3 is 0 Å². The quantitative estimate of drug-likeness (QED) is 0.668. The lowest BCUT2D eigenvalue weighted by molar-refractivity contribution is 0.0934. The van der Waals surface area contributed by atoms with E-state index < -0.39 is 0 Å². The summed E-state index contributed by atoms with van der Waals surface area (Å²) in [6.45, 7) is 5.82. The number of rotatable bonds is 5. The molecule has 1 atom stereocenters. The Balaban J connectivity index is 0.00000240. The van der Waals surface area contributed by atoms with E-state index in [1.165, 1.54) is 0 Å². The van der Waals surface area contributed by atoms with Crippen LogP contribution in [0.15, 0.2) is 42.7 Å². The molecule has 1 aromatic carbocycles. The molecule has 3 heterocycles. The Kier molecular flexibility index (Phi) is 6.66. The maximum Gasteiger partial charge on any atom is 0.274 e. The number of halogens is 1. The first kappa shape index (κ1) is 21.0. The molecule has 8 nitrogen and oxygen atoms in total. The Morgan fingerprint density at radius 1 is 1.24 bits per heavy atom. The van der Waals surface area contributed by atoms with E-state index in [-0.39, 0.29) is 24.4 Å². The van der Waals surface area contributed by atoms with Crippen molar-refractivity contribution in [3.63, 3.8) is 0 Å². The highest BCUT2D eigenvalue weighted by Gasteiger charge is 2.23. The number of carbonyl (C=O) groups excluding carboxylic acids is 1. The van der Waals surface area contributed by atoms with Gasteiger partial charge in [-0.15, -0.1) is 17.5 Å². The molecule has 1 aliphatic rings. The summed E-state index contributed by atoms with van der Waals surface area (Å²) in [4.78, 5) is 12.7. The number of nitrogens with zero attached hydrogens (tertiary/aromatic N) is 5. The third-order valence-electron chi connectivity index (χ3n) is 5.31. The molecule has 2 aromatic heterocycles. The molecule has 154 valence electrons. The third-order valence-corrected chi connectivity index (χ3v) is 5.31. The summed E-state index contributed by atoms with van der Waals surface area (Å²) in [5.74, 6) is -0.193. The molecule has 4 rings (SSSR count). The van der Waals surface area contributed by atoms with Gasteiger partial charge in [0.2, 0.25) is 0 Å². The van der Waals surface area contributed by atoms with Crippen LogP contribution < -0.4 is 10.6 Å². The molecule has 0 aliphatic carbocycles. The molecule has 9 heteroatoms. The highest BCUT2D eigenvalue weighted by Crippen LogP contribution is 2.21. The Morgan fingerprint density at radius 3 is 2.62 bits per heavy atom. The van der Waals surface area contributed by atoms with Crippen LogP contribution in [0, 0.1) is 6.92 Å². The zero-order chi connectivity index (χ0) is 19.5. The van der Waals surface area contributed by atoms with Gasteiger partial charge in [-0.25, -0.2) is 9.36 Å². The molecule has 3 aromatic rings. The zero-order valence-corrected chi connectivity index (χ0v) is 17.4. The predicted molar refractivity (Wildman–Crippen MR) is 113 cm³/mol. The Hall–Kier alpha value is -2.71. The third kappa shape index (κ3) is 4.49. The fraction of sp³-hybridized carbons (Fsp3) is 0.400. The summed E-state index contributed by atoms with van der Waals surface area (Å²) in [5, 5.41) is 19.0. The number of nitrogens with one attached hydrogen (secondary N) is 2. The number of benzene rings is 1. The molecule has 0 radical (unpaired) electrons. The van der Waals surface area contributed by atoms with Gasteiger partial charge in [-0.1, -0.05) is 17.3 Å². The van der Waals surface area contributed by atoms with E-state index in [0.29, 0.717) is 11.7 Å². The van der Waals surface area contributed by atoms with Gasteiger partial charge in [-0.3, -0.25) is 4.79 Å². The highest BCUT2D eigenvalue weighted by molar-refractivity contribution is 5.93. The summed E-state index contributed by atoms with van der Waals surface area (Å²) >= 11 is 0. The molecular weight excluding hydrogens is 390 g/mol. The van der Waals surface area contributed by atoms with Crippen molar-refractivity contribution in [2.24, 2.45) is 0 Å². The Bertz CT molecular complexity index is 930. The molecule has 1 unspecified atom stereocenters. The smallest absolute Gasteiger partial charge is 0.274 e. The van der Waals surface area contributed by atoms with Gasteiger partial charge in [-0.05, 0) is 63.5 Å². The lowest BCUT2D eigenvalue weighted by Crippen LogP contribution is -2.31. The summed E-state index contributed by atoms with van der Waals surface area (Å²) in [6.07, 6.45) is 5.65. The molecule has 0 spiro atoms. The Morgan fingerprint density at radius 2 is 1.97 bits per heavy atom. The lowest BCUT2D eigenvalue weighted by atomic mass is 10.1. The van der Waals surface area contributed by atoms with Gasteiger partial charge in [0, 0.05) is 12.4 Å². The monoisotopic (exact) mass is 415 g/mol. The molecule has 29 heavy (non-hydrogen) atoms. The van der Waals surface area contributed by atoms with Gasteiger partial charge in [0.15, 0.2) is 5.69 Å². The molecule has 1 fully saturated rings. The summed E-state index contributed by atoms with van der Waals surface area (Å²) < 4.78 is 3.70. The number of hydrogen-bond acceptors (Lipinski definition) is 5. The van der Waals surface area contributed by atoms with E-state index in [9.17, 15) is 4.79 Å². The average molecular weight is 416 g/mol. The van der Waals surface area contributed by atoms with Gasteiger partial charge in [0.05, 0.1) is 23.5 Å². The second-order valence-corrected chi connectivity index (χ2v) is 7.19. The van der Waals surface area contributed by atoms with Crippen LogP contribution in [-0.2, 0) is 0 Å². The largest absolute Gasteiger partial charge is 0.344 e. The van der Waals surface area contributed by atoms with E-state index >= 15 is 0 Å². The first-order valence-corrected chi connectivity index (χ1v) is 9.67. The first-order chi connectivity index (χ1) is 13.6. The number of amides is 1. The van der Waals surface area contributed by atoms with Gasteiger partial charge in [-0.2, -0.15) is 5.10 Å². The topological polar surface area (TPSA) is 89.7 Å². The van der Waals surface area contributed by atoms with Crippen molar-refractivity contribution in [1.82, 2.24) is 35.4 Å². The van der Waals surface area contributed by atoms with Crippen molar-refractivity contribution >= 4 is 18.3 Å². The van der Waals surface area contributed by atoms with Crippen molar-refractivity contribution in [3.05, 3.63) is 59.7 Å². The molecular formula is C20H26ClN7O. The second kappa shape index (κ2) is 9.19. The van der Waals surface area contributed by atoms with Crippen molar-refractivity contribution in [2.45, 2.75) is 38.8 Å². The lowest BCUT2D eigenvalue weighted by Gasteiger charge is -2.23. The molecule has 2 N–H and O–H groups in total. The average Bonchev–Trinajstić information content (AvgIpc) is 3.39. The summed E-state index contributed by atoms with van der Waals surface area (Å²) in [6, 6.07) is 10.0. The summed E-state index contributed by atoms with van der Waals surface area (Å²) in [5.41, 5.74) is 3.23. The minimum Gasteiger partial charge on any atom is -0.344 e. The first-order valence-electron chi connectivity index (χ1n) is 9.67. The highest BCUT2D eigenvalue weighted by atomic mass is 35.5. The standard InChI is InChI=1S/C20H25N7O.ClH/c1-14(16-4-6-17(7-5-16)26-13-3-10-22-26)23-20(28)19-15(2)27(25-24-19)18-8-11-21-12-9-18;/h3-7,10,13-14,18,21H,8-9,11-12H2,1-2H3,(H,23,28);1H. The van der Waals surface area contributed by atoms with Crippen LogP contribution >= 0.6 is 12.4 Å². The van der Waals surface area contributed by atoms with E-state index in [1.807, 2.05) is 55.1 Å². The number of aromatic nitrogens is 5. The summed E-state index contributed by atoms with van der Waals surface area (Å²) in [7, 11) is 0. The minimum atomic E-state index is -0.193. The maximum atomic E-state index is 12.7.